The number of piperidine rings is 1. The van der Waals surface area contributed by atoms with Gasteiger partial charge in [0.15, 0.2) is 0 Å². The Morgan fingerprint density at radius 2 is 2.00 bits per heavy atom. The van der Waals surface area contributed by atoms with Gasteiger partial charge >= 0.3 is 0 Å². The van der Waals surface area contributed by atoms with Crippen molar-refractivity contribution in [3.63, 3.8) is 0 Å². The van der Waals surface area contributed by atoms with Gasteiger partial charge in [0, 0.05) is 17.1 Å². The SMILES string of the molecule is CC(c1cccc2[nH]ccc12)C1CCNCC1. The van der Waals surface area contributed by atoms with Crippen molar-refractivity contribution >= 4 is 10.9 Å². The number of hydrogen-bond donors (Lipinski definition) is 2. The topological polar surface area (TPSA) is 27.8 Å². The van der Waals surface area contributed by atoms with Gasteiger partial charge in [0.05, 0.1) is 0 Å². The Hall–Kier alpha value is -1.28. The first kappa shape index (κ1) is 10.8. The van der Waals surface area contributed by atoms with Crippen LogP contribution in [0.3, 0.4) is 0 Å². The van der Waals surface area contributed by atoms with Gasteiger partial charge in [0.1, 0.15) is 0 Å². The smallest absolute Gasteiger partial charge is 0.0456 e. The first-order valence-electron chi connectivity index (χ1n) is 6.63. The van der Waals surface area contributed by atoms with Crippen molar-refractivity contribution in [2.24, 2.45) is 5.92 Å². The number of benzene rings is 1. The van der Waals surface area contributed by atoms with Crippen LogP contribution >= 0.6 is 0 Å². The molecule has 2 N–H and O–H groups in total. The van der Waals surface area contributed by atoms with Gasteiger partial charge in [-0.3, -0.25) is 0 Å². The van der Waals surface area contributed by atoms with Gasteiger partial charge < -0.3 is 10.3 Å². The van der Waals surface area contributed by atoms with Crippen molar-refractivity contribution in [3.05, 3.63) is 36.0 Å². The van der Waals surface area contributed by atoms with Crippen LogP contribution in [-0.4, -0.2) is 18.1 Å². The van der Waals surface area contributed by atoms with Crippen LogP contribution in [0.15, 0.2) is 30.5 Å². The molecule has 1 aromatic heterocycles. The van der Waals surface area contributed by atoms with Gasteiger partial charge in [-0.15, -0.1) is 0 Å². The van der Waals surface area contributed by atoms with Crippen LogP contribution in [-0.2, 0) is 0 Å². The Morgan fingerprint density at radius 1 is 1.18 bits per heavy atom. The van der Waals surface area contributed by atoms with Crippen LogP contribution in [0.2, 0.25) is 0 Å². The van der Waals surface area contributed by atoms with Crippen LogP contribution in [0, 0.1) is 5.92 Å². The zero-order valence-electron chi connectivity index (χ0n) is 10.4. The quantitative estimate of drug-likeness (QED) is 0.811. The third-order valence-corrected chi connectivity index (χ3v) is 4.21. The molecule has 0 saturated carbocycles. The third kappa shape index (κ3) is 1.98. The zero-order valence-corrected chi connectivity index (χ0v) is 10.4. The predicted molar refractivity (Wildman–Crippen MR) is 72.3 cm³/mol. The van der Waals surface area contributed by atoms with E-state index in [0.29, 0.717) is 5.92 Å². The fraction of sp³-hybridized carbons (Fsp3) is 0.467. The summed E-state index contributed by atoms with van der Waals surface area (Å²) in [6, 6.07) is 8.84. The molecule has 1 fully saturated rings. The van der Waals surface area contributed by atoms with Crippen LogP contribution in [0.4, 0.5) is 0 Å². The molecule has 0 aliphatic carbocycles. The van der Waals surface area contributed by atoms with Crippen LogP contribution in [0.1, 0.15) is 31.2 Å². The molecule has 0 radical (unpaired) electrons. The van der Waals surface area contributed by atoms with E-state index in [4.69, 9.17) is 0 Å². The summed E-state index contributed by atoms with van der Waals surface area (Å²) in [5.41, 5.74) is 2.78. The molecule has 1 aliphatic rings. The predicted octanol–water partition coefficient (Wildman–Crippen LogP) is 3.27. The lowest BCUT2D eigenvalue weighted by Gasteiger charge is -2.29. The molecule has 0 spiro atoms. The summed E-state index contributed by atoms with van der Waals surface area (Å²) < 4.78 is 0. The van der Waals surface area contributed by atoms with Crippen LogP contribution < -0.4 is 5.32 Å². The van der Waals surface area contributed by atoms with E-state index in [1.54, 1.807) is 0 Å². The summed E-state index contributed by atoms with van der Waals surface area (Å²) in [6.07, 6.45) is 4.66. The summed E-state index contributed by atoms with van der Waals surface area (Å²) in [5, 5.41) is 4.85. The zero-order chi connectivity index (χ0) is 11.7. The molecule has 2 heteroatoms. The monoisotopic (exact) mass is 228 g/mol. The summed E-state index contributed by atoms with van der Waals surface area (Å²) in [5.74, 6) is 1.49. The molecule has 2 heterocycles. The molecule has 1 unspecified atom stereocenters. The van der Waals surface area contributed by atoms with Crippen molar-refractivity contribution < 1.29 is 0 Å². The van der Waals surface area contributed by atoms with Gasteiger partial charge in [0.2, 0.25) is 0 Å². The number of aromatic nitrogens is 1. The van der Waals surface area contributed by atoms with E-state index < -0.39 is 0 Å². The van der Waals surface area contributed by atoms with E-state index in [1.165, 1.54) is 42.4 Å². The molecule has 17 heavy (non-hydrogen) atoms. The van der Waals surface area contributed by atoms with E-state index in [9.17, 15) is 0 Å². The van der Waals surface area contributed by atoms with Crippen molar-refractivity contribution in [2.75, 3.05) is 13.1 Å². The highest BCUT2D eigenvalue weighted by molar-refractivity contribution is 5.83. The fourth-order valence-corrected chi connectivity index (χ4v) is 3.10. The van der Waals surface area contributed by atoms with Gasteiger partial charge in [-0.1, -0.05) is 19.1 Å². The normalized spacial score (nSPS) is 19.6. The Kier molecular flexibility index (Phi) is 2.89. The lowest BCUT2D eigenvalue weighted by Crippen LogP contribution is -2.30. The molecule has 1 aliphatic heterocycles. The summed E-state index contributed by atoms with van der Waals surface area (Å²) in [7, 11) is 0. The maximum Gasteiger partial charge on any atom is 0.0456 e. The molecule has 0 amide bonds. The highest BCUT2D eigenvalue weighted by Crippen LogP contribution is 2.34. The maximum atomic E-state index is 3.45. The molecule has 2 aromatic rings. The average Bonchev–Trinajstić information content (AvgIpc) is 2.87. The molecule has 3 rings (SSSR count). The number of fused-ring (bicyclic) bond motifs is 1. The average molecular weight is 228 g/mol. The minimum absolute atomic E-state index is 0.664. The minimum Gasteiger partial charge on any atom is -0.361 e. The Morgan fingerprint density at radius 3 is 2.82 bits per heavy atom. The van der Waals surface area contributed by atoms with E-state index in [2.05, 4.69) is 41.5 Å². The number of hydrogen-bond acceptors (Lipinski definition) is 1. The summed E-state index contributed by atoms with van der Waals surface area (Å²) in [6.45, 7) is 4.74. The Labute approximate surface area is 102 Å². The Bertz CT molecular complexity index is 494. The van der Waals surface area contributed by atoms with E-state index in [0.717, 1.165) is 5.92 Å². The molecule has 2 nitrogen and oxygen atoms in total. The molecule has 90 valence electrons. The van der Waals surface area contributed by atoms with Crippen molar-refractivity contribution in [1.29, 1.82) is 0 Å². The number of H-pyrrole nitrogens is 1. The molecule has 0 bridgehead atoms. The standard InChI is InChI=1S/C15H20N2/c1-11(12-5-8-16-9-6-12)13-3-2-4-15-14(13)7-10-17-15/h2-4,7,10-12,16-17H,5-6,8-9H2,1H3. The minimum atomic E-state index is 0.664. The number of nitrogens with one attached hydrogen (secondary N) is 2. The highest BCUT2D eigenvalue weighted by atomic mass is 14.9. The van der Waals surface area contributed by atoms with E-state index in [-0.39, 0.29) is 0 Å². The first-order valence-corrected chi connectivity index (χ1v) is 6.63. The maximum absolute atomic E-state index is 3.45. The van der Waals surface area contributed by atoms with Crippen molar-refractivity contribution in [3.8, 4) is 0 Å². The first-order chi connectivity index (χ1) is 8.36. The van der Waals surface area contributed by atoms with Gasteiger partial charge in [-0.2, -0.15) is 0 Å². The number of rotatable bonds is 2. The Balaban J connectivity index is 1.94. The second-order valence-corrected chi connectivity index (χ2v) is 5.16. The summed E-state index contributed by atoms with van der Waals surface area (Å²) >= 11 is 0. The molecule has 1 aromatic carbocycles. The second-order valence-electron chi connectivity index (χ2n) is 5.16. The second kappa shape index (κ2) is 4.53. The van der Waals surface area contributed by atoms with Crippen LogP contribution in [0.5, 0.6) is 0 Å². The lowest BCUT2D eigenvalue weighted by molar-refractivity contribution is 0.331. The van der Waals surface area contributed by atoms with Crippen LogP contribution in [0.25, 0.3) is 10.9 Å². The lowest BCUT2D eigenvalue weighted by atomic mass is 9.81. The summed E-state index contributed by atoms with van der Waals surface area (Å²) in [4.78, 5) is 3.31. The van der Waals surface area contributed by atoms with Gasteiger partial charge in [-0.05, 0) is 55.5 Å². The van der Waals surface area contributed by atoms with E-state index >= 15 is 0 Å². The molecule has 1 atom stereocenters. The number of aromatic amines is 1. The van der Waals surface area contributed by atoms with Crippen molar-refractivity contribution in [2.45, 2.75) is 25.7 Å². The van der Waals surface area contributed by atoms with E-state index in [1.807, 2.05) is 6.20 Å². The fourth-order valence-electron chi connectivity index (χ4n) is 3.10. The third-order valence-electron chi connectivity index (χ3n) is 4.21. The van der Waals surface area contributed by atoms with Gasteiger partial charge in [0.25, 0.3) is 0 Å². The molecule has 1 saturated heterocycles. The largest absolute Gasteiger partial charge is 0.361 e. The highest BCUT2D eigenvalue weighted by Gasteiger charge is 2.22. The van der Waals surface area contributed by atoms with Crippen molar-refractivity contribution in [1.82, 2.24) is 10.3 Å². The molecular weight excluding hydrogens is 208 g/mol. The van der Waals surface area contributed by atoms with Gasteiger partial charge in [-0.25, -0.2) is 0 Å². The molecular formula is C15H20N2.